The lowest BCUT2D eigenvalue weighted by Crippen LogP contribution is -2.42. The number of carboxylic acids is 1. The topological polar surface area (TPSA) is 90.9 Å². The van der Waals surface area contributed by atoms with Gasteiger partial charge in [0.05, 0.1) is 6.54 Å². The number of carbonyl (C=O) groups excluding carboxylic acids is 1. The summed E-state index contributed by atoms with van der Waals surface area (Å²) in [5.41, 5.74) is 6.58. The number of carbonyl (C=O) groups is 2. The van der Waals surface area contributed by atoms with E-state index >= 15 is 0 Å². The Hall–Kier alpha value is -1.76. The molecule has 2 heterocycles. The first-order chi connectivity index (χ1) is 8.78. The molecule has 0 aliphatic carbocycles. The van der Waals surface area contributed by atoms with Crippen LogP contribution in [0.4, 0.5) is 4.79 Å². The van der Waals surface area contributed by atoms with Gasteiger partial charge in [0.1, 0.15) is 11.6 Å². The van der Waals surface area contributed by atoms with Gasteiger partial charge in [0.15, 0.2) is 0 Å². The van der Waals surface area contributed by atoms with Gasteiger partial charge >= 0.3 is 12.1 Å². The molecule has 7 heteroatoms. The second-order valence-electron chi connectivity index (χ2n) is 5.70. The molecule has 2 aliphatic heterocycles. The minimum Gasteiger partial charge on any atom is -0.480 e. The Labute approximate surface area is 111 Å². The maximum Gasteiger partial charge on any atom is 0.410 e. The quantitative estimate of drug-likeness (QED) is 0.640. The van der Waals surface area contributed by atoms with Crippen LogP contribution in [-0.4, -0.2) is 46.8 Å². The Morgan fingerprint density at radius 2 is 2.11 bits per heavy atom. The predicted octanol–water partition coefficient (Wildman–Crippen LogP) is 0.442. The van der Waals surface area contributed by atoms with Crippen LogP contribution < -0.4 is 10.9 Å². The highest BCUT2D eigenvalue weighted by Gasteiger charge is 2.36. The van der Waals surface area contributed by atoms with E-state index in [1.165, 1.54) is 0 Å². The van der Waals surface area contributed by atoms with E-state index in [0.717, 1.165) is 11.3 Å². The van der Waals surface area contributed by atoms with Crippen molar-refractivity contribution in [1.82, 2.24) is 15.8 Å². The fourth-order valence-corrected chi connectivity index (χ4v) is 2.16. The molecule has 0 aromatic carbocycles. The van der Waals surface area contributed by atoms with Crippen LogP contribution in [0, 0.1) is 0 Å². The van der Waals surface area contributed by atoms with E-state index in [2.05, 4.69) is 10.9 Å². The standard InChI is InChI=1S/C12H19N3O4/c1-12(2,3)19-11(18)15-5-4-7-8(6-15)13-14-9(7)10(16)17/h9,13-14H,4-6H2,1-3H3,(H,16,17). The van der Waals surface area contributed by atoms with Crippen molar-refractivity contribution in [2.24, 2.45) is 0 Å². The minimum absolute atomic E-state index is 0.348. The van der Waals surface area contributed by atoms with E-state index < -0.39 is 17.6 Å². The fourth-order valence-electron chi connectivity index (χ4n) is 2.16. The average molecular weight is 269 g/mol. The number of aliphatic carboxylic acids is 1. The summed E-state index contributed by atoms with van der Waals surface area (Å²) in [4.78, 5) is 24.5. The molecule has 0 fully saturated rings. The zero-order valence-electron chi connectivity index (χ0n) is 11.3. The molecule has 3 N–H and O–H groups in total. The number of hydrazine groups is 1. The molecule has 1 amide bonds. The summed E-state index contributed by atoms with van der Waals surface area (Å²) in [6.45, 7) is 6.27. The lowest BCUT2D eigenvalue weighted by Gasteiger charge is -2.30. The molecule has 0 aromatic rings. The lowest BCUT2D eigenvalue weighted by atomic mass is 10.00. The summed E-state index contributed by atoms with van der Waals surface area (Å²) < 4.78 is 5.30. The van der Waals surface area contributed by atoms with E-state index in [4.69, 9.17) is 9.84 Å². The van der Waals surface area contributed by atoms with E-state index in [9.17, 15) is 9.59 Å². The molecular formula is C12H19N3O4. The molecule has 0 bridgehead atoms. The van der Waals surface area contributed by atoms with Crippen molar-refractivity contribution in [3.05, 3.63) is 11.3 Å². The highest BCUT2D eigenvalue weighted by Crippen LogP contribution is 2.24. The molecule has 106 valence electrons. The molecule has 2 aliphatic rings. The third kappa shape index (κ3) is 2.98. The molecule has 0 saturated carbocycles. The van der Waals surface area contributed by atoms with E-state index in [-0.39, 0.29) is 6.09 Å². The molecule has 0 spiro atoms. The number of amides is 1. The van der Waals surface area contributed by atoms with Crippen LogP contribution in [0.5, 0.6) is 0 Å². The van der Waals surface area contributed by atoms with Crippen LogP contribution in [0.25, 0.3) is 0 Å². The second-order valence-corrected chi connectivity index (χ2v) is 5.70. The second kappa shape index (κ2) is 4.73. The van der Waals surface area contributed by atoms with Crippen molar-refractivity contribution in [3.8, 4) is 0 Å². The number of nitrogens with one attached hydrogen (secondary N) is 2. The van der Waals surface area contributed by atoms with Gasteiger partial charge in [0, 0.05) is 12.2 Å². The third-order valence-corrected chi connectivity index (χ3v) is 3.00. The fraction of sp³-hybridized carbons (Fsp3) is 0.667. The molecule has 0 radical (unpaired) electrons. The Balaban J connectivity index is 2.03. The number of ether oxygens (including phenoxy) is 1. The van der Waals surface area contributed by atoms with E-state index in [0.29, 0.717) is 19.5 Å². The smallest absolute Gasteiger partial charge is 0.410 e. The van der Waals surface area contributed by atoms with Crippen molar-refractivity contribution in [2.45, 2.75) is 38.8 Å². The molecule has 1 atom stereocenters. The predicted molar refractivity (Wildman–Crippen MR) is 67.1 cm³/mol. The number of carboxylic acid groups (broad SMARTS) is 1. The monoisotopic (exact) mass is 269 g/mol. The average Bonchev–Trinajstić information content (AvgIpc) is 2.68. The van der Waals surface area contributed by atoms with E-state index in [1.54, 1.807) is 4.90 Å². The first-order valence-electron chi connectivity index (χ1n) is 6.22. The van der Waals surface area contributed by atoms with Crippen LogP contribution in [-0.2, 0) is 9.53 Å². The largest absolute Gasteiger partial charge is 0.480 e. The third-order valence-electron chi connectivity index (χ3n) is 3.00. The minimum atomic E-state index is -0.914. The Kier molecular flexibility index (Phi) is 3.40. The lowest BCUT2D eigenvalue weighted by molar-refractivity contribution is -0.138. The summed E-state index contributed by atoms with van der Waals surface area (Å²) in [7, 11) is 0. The van der Waals surface area contributed by atoms with Gasteiger partial charge < -0.3 is 20.2 Å². The van der Waals surface area contributed by atoms with Gasteiger partial charge in [0.2, 0.25) is 0 Å². The Bertz CT molecular complexity index is 439. The van der Waals surface area contributed by atoms with E-state index in [1.807, 2.05) is 20.8 Å². The summed E-state index contributed by atoms with van der Waals surface area (Å²) in [5, 5.41) is 9.04. The Morgan fingerprint density at radius 3 is 2.68 bits per heavy atom. The van der Waals surface area contributed by atoms with Gasteiger partial charge in [-0.25, -0.2) is 10.2 Å². The maximum absolute atomic E-state index is 11.9. The van der Waals surface area contributed by atoms with Crippen LogP contribution >= 0.6 is 0 Å². The number of hydrogen-bond donors (Lipinski definition) is 3. The van der Waals surface area contributed by atoms with Crippen LogP contribution in [0.3, 0.4) is 0 Å². The highest BCUT2D eigenvalue weighted by atomic mass is 16.6. The van der Waals surface area contributed by atoms with Crippen molar-refractivity contribution in [3.63, 3.8) is 0 Å². The molecule has 19 heavy (non-hydrogen) atoms. The van der Waals surface area contributed by atoms with Gasteiger partial charge in [-0.1, -0.05) is 0 Å². The molecule has 2 rings (SSSR count). The van der Waals surface area contributed by atoms with Gasteiger partial charge in [-0.2, -0.15) is 0 Å². The molecule has 0 aromatic heterocycles. The van der Waals surface area contributed by atoms with Gasteiger partial charge in [-0.3, -0.25) is 4.79 Å². The maximum atomic E-state index is 11.9. The van der Waals surface area contributed by atoms with Crippen molar-refractivity contribution in [2.75, 3.05) is 13.1 Å². The van der Waals surface area contributed by atoms with Crippen molar-refractivity contribution >= 4 is 12.1 Å². The molecule has 7 nitrogen and oxygen atoms in total. The zero-order valence-corrected chi connectivity index (χ0v) is 11.3. The molecule has 1 unspecified atom stereocenters. The zero-order chi connectivity index (χ0) is 14.2. The van der Waals surface area contributed by atoms with Gasteiger partial charge in [-0.15, -0.1) is 0 Å². The van der Waals surface area contributed by atoms with Crippen molar-refractivity contribution in [1.29, 1.82) is 0 Å². The normalized spacial score (nSPS) is 22.9. The van der Waals surface area contributed by atoms with Gasteiger partial charge in [0.25, 0.3) is 0 Å². The molecular weight excluding hydrogens is 250 g/mol. The Morgan fingerprint density at radius 1 is 1.42 bits per heavy atom. The SMILES string of the molecule is CC(C)(C)OC(=O)N1CCC2=C(C1)NNC2C(=O)O. The first-order valence-corrected chi connectivity index (χ1v) is 6.22. The number of nitrogens with zero attached hydrogens (tertiary/aromatic N) is 1. The summed E-state index contributed by atoms with van der Waals surface area (Å²) in [5.74, 6) is -0.914. The first kappa shape index (κ1) is 13.7. The summed E-state index contributed by atoms with van der Waals surface area (Å²) in [6, 6.07) is -0.698. The summed E-state index contributed by atoms with van der Waals surface area (Å²) in [6.07, 6.45) is 0.158. The number of hydrogen-bond acceptors (Lipinski definition) is 5. The van der Waals surface area contributed by atoms with Crippen molar-refractivity contribution < 1.29 is 19.4 Å². The summed E-state index contributed by atoms with van der Waals surface area (Å²) >= 11 is 0. The van der Waals surface area contributed by atoms with Crippen LogP contribution in [0.2, 0.25) is 0 Å². The highest BCUT2D eigenvalue weighted by molar-refractivity contribution is 5.79. The number of rotatable bonds is 1. The molecule has 0 saturated heterocycles. The van der Waals surface area contributed by atoms with Gasteiger partial charge in [-0.05, 0) is 32.8 Å². The van der Waals surface area contributed by atoms with Crippen LogP contribution in [0.15, 0.2) is 11.3 Å². The van der Waals surface area contributed by atoms with Crippen LogP contribution in [0.1, 0.15) is 27.2 Å².